The van der Waals surface area contributed by atoms with E-state index in [1.165, 1.54) is 6.42 Å². The second-order valence-corrected chi connectivity index (χ2v) is 6.65. The van der Waals surface area contributed by atoms with E-state index in [4.69, 9.17) is 15.2 Å². The number of nitrogens with two attached hydrogens (primary N) is 1. The molecule has 3 unspecified atom stereocenters. The van der Waals surface area contributed by atoms with Crippen LogP contribution >= 0.6 is 0 Å². The van der Waals surface area contributed by atoms with E-state index in [0.717, 1.165) is 31.1 Å². The highest BCUT2D eigenvalue weighted by atomic mass is 16.5. The van der Waals surface area contributed by atoms with Crippen molar-refractivity contribution in [3.05, 3.63) is 0 Å². The summed E-state index contributed by atoms with van der Waals surface area (Å²) in [6.07, 6.45) is 5.39. The Morgan fingerprint density at radius 1 is 1.25 bits per heavy atom. The fourth-order valence-electron chi connectivity index (χ4n) is 3.10. The molecule has 0 bridgehead atoms. The minimum atomic E-state index is -0.896. The quantitative estimate of drug-likeness (QED) is 0.577. The molecule has 1 aliphatic rings. The summed E-state index contributed by atoms with van der Waals surface area (Å²) in [6, 6.07) is 0. The Labute approximate surface area is 123 Å². The zero-order valence-corrected chi connectivity index (χ0v) is 13.5. The van der Waals surface area contributed by atoms with Crippen LogP contribution in [0.15, 0.2) is 0 Å². The van der Waals surface area contributed by atoms with Crippen LogP contribution in [-0.4, -0.2) is 30.8 Å². The van der Waals surface area contributed by atoms with Gasteiger partial charge in [0.25, 0.3) is 0 Å². The molecule has 0 saturated heterocycles. The third-order valence-corrected chi connectivity index (χ3v) is 4.07. The molecule has 1 saturated carbocycles. The Hall–Kier alpha value is -0.610. The van der Waals surface area contributed by atoms with Crippen LogP contribution in [-0.2, 0) is 14.3 Å². The van der Waals surface area contributed by atoms with Crippen LogP contribution in [0, 0.1) is 11.8 Å². The Bertz CT molecular complexity index is 294. The van der Waals surface area contributed by atoms with Gasteiger partial charge in [-0.3, -0.25) is 4.79 Å². The summed E-state index contributed by atoms with van der Waals surface area (Å²) in [4.78, 5) is 11.7. The third-order valence-electron chi connectivity index (χ3n) is 4.07. The van der Waals surface area contributed by atoms with Crippen molar-refractivity contribution < 1.29 is 14.3 Å². The summed E-state index contributed by atoms with van der Waals surface area (Å²) in [5.41, 5.74) is 5.08. The molecule has 2 N–H and O–H groups in total. The van der Waals surface area contributed by atoms with Crippen LogP contribution in [0.5, 0.6) is 0 Å². The molecule has 0 radical (unpaired) electrons. The predicted octanol–water partition coefficient (Wildman–Crippen LogP) is 2.89. The van der Waals surface area contributed by atoms with Crippen LogP contribution in [0.4, 0.5) is 0 Å². The Morgan fingerprint density at radius 3 is 2.40 bits per heavy atom. The first-order valence-corrected chi connectivity index (χ1v) is 7.92. The van der Waals surface area contributed by atoms with Crippen LogP contribution in [0.1, 0.15) is 59.8 Å². The molecule has 3 atom stereocenters. The number of carbonyl (C=O) groups is 1. The van der Waals surface area contributed by atoms with E-state index in [1.54, 1.807) is 13.8 Å². The van der Waals surface area contributed by atoms with Crippen molar-refractivity contribution in [2.75, 3.05) is 13.2 Å². The lowest BCUT2D eigenvalue weighted by atomic mass is 9.82. The maximum Gasteiger partial charge on any atom is 0.325 e. The zero-order valence-electron chi connectivity index (χ0n) is 13.5. The van der Waals surface area contributed by atoms with Crippen LogP contribution in [0.3, 0.4) is 0 Å². The SMILES string of the molecule is CCOC(=O)C(C)(N)CCCOC1CC(C)CC(C)C1. The average Bonchev–Trinajstić information content (AvgIpc) is 2.34. The van der Waals surface area contributed by atoms with E-state index in [9.17, 15) is 4.79 Å². The van der Waals surface area contributed by atoms with E-state index < -0.39 is 5.54 Å². The van der Waals surface area contributed by atoms with Gasteiger partial charge in [0.1, 0.15) is 5.54 Å². The number of hydrogen-bond acceptors (Lipinski definition) is 4. The molecule has 1 rings (SSSR count). The highest BCUT2D eigenvalue weighted by Gasteiger charge is 2.29. The lowest BCUT2D eigenvalue weighted by molar-refractivity contribution is -0.149. The normalized spacial score (nSPS) is 29.8. The highest BCUT2D eigenvalue weighted by molar-refractivity contribution is 5.79. The van der Waals surface area contributed by atoms with Gasteiger partial charge in [-0.1, -0.05) is 13.8 Å². The molecule has 0 aromatic rings. The average molecular weight is 285 g/mol. The Balaban J connectivity index is 2.22. The fourth-order valence-corrected chi connectivity index (χ4v) is 3.10. The number of rotatable bonds is 7. The van der Waals surface area contributed by atoms with E-state index in [0.29, 0.717) is 25.7 Å². The maximum atomic E-state index is 11.7. The standard InChI is InChI=1S/C16H31NO3/c1-5-19-15(18)16(4,17)7-6-8-20-14-10-12(2)9-13(3)11-14/h12-14H,5-11,17H2,1-4H3. The van der Waals surface area contributed by atoms with Crippen molar-refractivity contribution in [3.8, 4) is 0 Å². The topological polar surface area (TPSA) is 61.5 Å². The van der Waals surface area contributed by atoms with Gasteiger partial charge in [0.05, 0.1) is 12.7 Å². The van der Waals surface area contributed by atoms with Gasteiger partial charge in [0.2, 0.25) is 0 Å². The largest absolute Gasteiger partial charge is 0.465 e. The van der Waals surface area contributed by atoms with Gasteiger partial charge in [0.15, 0.2) is 0 Å². The molecule has 0 amide bonds. The minimum Gasteiger partial charge on any atom is -0.465 e. The summed E-state index contributed by atoms with van der Waals surface area (Å²) < 4.78 is 10.9. The monoisotopic (exact) mass is 285 g/mol. The molecule has 0 aliphatic heterocycles. The molecule has 20 heavy (non-hydrogen) atoms. The maximum absolute atomic E-state index is 11.7. The summed E-state index contributed by atoms with van der Waals surface area (Å²) in [5, 5.41) is 0. The Morgan fingerprint density at radius 2 is 1.85 bits per heavy atom. The third kappa shape index (κ3) is 5.80. The van der Waals surface area contributed by atoms with Crippen LogP contribution < -0.4 is 5.73 Å². The van der Waals surface area contributed by atoms with Crippen molar-refractivity contribution in [3.63, 3.8) is 0 Å². The lowest BCUT2D eigenvalue weighted by Gasteiger charge is -2.31. The summed E-state index contributed by atoms with van der Waals surface area (Å²) in [6.45, 7) is 9.17. The number of ether oxygens (including phenoxy) is 2. The van der Waals surface area contributed by atoms with Crippen molar-refractivity contribution in [2.24, 2.45) is 17.6 Å². The van der Waals surface area contributed by atoms with E-state index >= 15 is 0 Å². The molecule has 4 nitrogen and oxygen atoms in total. The second kappa shape index (κ2) is 7.99. The molecular formula is C16H31NO3. The zero-order chi connectivity index (χ0) is 15.2. The molecule has 1 aliphatic carbocycles. The summed E-state index contributed by atoms with van der Waals surface area (Å²) in [7, 11) is 0. The smallest absolute Gasteiger partial charge is 0.325 e. The molecule has 0 aromatic carbocycles. The van der Waals surface area contributed by atoms with Crippen molar-refractivity contribution >= 4 is 5.97 Å². The number of hydrogen-bond donors (Lipinski definition) is 1. The Kier molecular flexibility index (Phi) is 6.96. The van der Waals surface area contributed by atoms with Crippen LogP contribution in [0.25, 0.3) is 0 Å². The molecule has 118 valence electrons. The van der Waals surface area contributed by atoms with Gasteiger partial charge in [-0.15, -0.1) is 0 Å². The first-order valence-electron chi connectivity index (χ1n) is 7.92. The van der Waals surface area contributed by atoms with Gasteiger partial charge in [-0.25, -0.2) is 0 Å². The van der Waals surface area contributed by atoms with Crippen molar-refractivity contribution in [2.45, 2.75) is 71.4 Å². The predicted molar refractivity (Wildman–Crippen MR) is 80.4 cm³/mol. The van der Waals surface area contributed by atoms with Crippen LogP contribution in [0.2, 0.25) is 0 Å². The second-order valence-electron chi connectivity index (χ2n) is 6.65. The first kappa shape index (κ1) is 17.4. The fraction of sp³-hybridized carbons (Fsp3) is 0.938. The van der Waals surface area contributed by atoms with Crippen molar-refractivity contribution in [1.82, 2.24) is 0 Å². The number of carbonyl (C=O) groups excluding carboxylic acids is 1. The highest BCUT2D eigenvalue weighted by Crippen LogP contribution is 2.30. The van der Waals surface area contributed by atoms with E-state index in [-0.39, 0.29) is 5.97 Å². The molecule has 0 spiro atoms. The molecule has 1 fully saturated rings. The van der Waals surface area contributed by atoms with Gasteiger partial charge < -0.3 is 15.2 Å². The van der Waals surface area contributed by atoms with Crippen molar-refractivity contribution in [1.29, 1.82) is 0 Å². The molecular weight excluding hydrogens is 254 g/mol. The number of esters is 1. The molecule has 0 heterocycles. The van der Waals surface area contributed by atoms with E-state index in [1.807, 2.05) is 0 Å². The first-order chi connectivity index (χ1) is 9.35. The van der Waals surface area contributed by atoms with Gasteiger partial charge in [-0.2, -0.15) is 0 Å². The summed E-state index contributed by atoms with van der Waals surface area (Å²) in [5.74, 6) is 1.19. The van der Waals surface area contributed by atoms with Gasteiger partial charge in [-0.05, 0) is 57.8 Å². The minimum absolute atomic E-state index is 0.320. The van der Waals surface area contributed by atoms with Gasteiger partial charge >= 0.3 is 5.97 Å². The molecule has 4 heteroatoms. The molecule has 0 aromatic heterocycles. The summed E-state index contributed by atoms with van der Waals surface area (Å²) >= 11 is 0. The van der Waals surface area contributed by atoms with E-state index in [2.05, 4.69) is 13.8 Å². The van der Waals surface area contributed by atoms with Gasteiger partial charge in [0, 0.05) is 6.61 Å². The lowest BCUT2D eigenvalue weighted by Crippen LogP contribution is -2.46.